The molecular formula is C12H24N2O3. The van der Waals surface area contributed by atoms with Gasteiger partial charge in [0.05, 0.1) is 6.61 Å². The standard InChI is InChI=1S/C12H24N2O3/c1-3-11(12(15)16)14-7-5-13(6-8-14)9-10-17-4-2/h11H,3-10H2,1-2H3,(H,15,16). The van der Waals surface area contributed by atoms with E-state index in [9.17, 15) is 4.79 Å². The third-order valence-corrected chi connectivity index (χ3v) is 3.28. The fourth-order valence-corrected chi connectivity index (χ4v) is 2.23. The molecule has 1 unspecified atom stereocenters. The minimum absolute atomic E-state index is 0.316. The van der Waals surface area contributed by atoms with Gasteiger partial charge in [-0.15, -0.1) is 0 Å². The van der Waals surface area contributed by atoms with Gasteiger partial charge in [-0.2, -0.15) is 0 Å². The molecule has 5 heteroatoms. The van der Waals surface area contributed by atoms with Crippen molar-refractivity contribution in [3.63, 3.8) is 0 Å². The van der Waals surface area contributed by atoms with Gasteiger partial charge in [0.2, 0.25) is 0 Å². The lowest BCUT2D eigenvalue weighted by molar-refractivity contribution is -0.144. The molecule has 17 heavy (non-hydrogen) atoms. The molecule has 100 valence electrons. The Morgan fingerprint density at radius 3 is 2.41 bits per heavy atom. The summed E-state index contributed by atoms with van der Waals surface area (Å²) < 4.78 is 5.32. The summed E-state index contributed by atoms with van der Waals surface area (Å²) in [7, 11) is 0. The minimum atomic E-state index is -0.699. The smallest absolute Gasteiger partial charge is 0.320 e. The normalized spacial score (nSPS) is 20.4. The topological polar surface area (TPSA) is 53.0 Å². The third kappa shape index (κ3) is 4.61. The lowest BCUT2D eigenvalue weighted by Crippen LogP contribution is -2.52. The van der Waals surface area contributed by atoms with Crippen LogP contribution in [0, 0.1) is 0 Å². The molecular weight excluding hydrogens is 220 g/mol. The van der Waals surface area contributed by atoms with E-state index in [-0.39, 0.29) is 6.04 Å². The van der Waals surface area contributed by atoms with Gasteiger partial charge in [-0.05, 0) is 13.3 Å². The summed E-state index contributed by atoms with van der Waals surface area (Å²) in [6, 6.07) is -0.316. The first-order valence-electron chi connectivity index (χ1n) is 6.46. The predicted octanol–water partition coefficient (Wildman–Crippen LogP) is 0.504. The second-order valence-electron chi connectivity index (χ2n) is 4.34. The third-order valence-electron chi connectivity index (χ3n) is 3.28. The summed E-state index contributed by atoms with van der Waals surface area (Å²) in [4.78, 5) is 15.4. The van der Waals surface area contributed by atoms with Crippen LogP contribution in [0.1, 0.15) is 20.3 Å². The van der Waals surface area contributed by atoms with Crippen LogP contribution in [0.3, 0.4) is 0 Å². The molecule has 1 aliphatic rings. The molecule has 1 rings (SSSR count). The van der Waals surface area contributed by atoms with Crippen LogP contribution in [-0.4, -0.2) is 72.9 Å². The fourth-order valence-electron chi connectivity index (χ4n) is 2.23. The Kier molecular flexibility index (Phi) is 6.47. The van der Waals surface area contributed by atoms with Gasteiger partial charge in [-0.3, -0.25) is 14.6 Å². The summed E-state index contributed by atoms with van der Waals surface area (Å²) in [5.41, 5.74) is 0. The first kappa shape index (κ1) is 14.4. The molecule has 0 saturated carbocycles. The Bertz CT molecular complexity index is 228. The van der Waals surface area contributed by atoms with Crippen molar-refractivity contribution in [1.82, 2.24) is 9.80 Å². The van der Waals surface area contributed by atoms with Crippen LogP contribution in [-0.2, 0) is 9.53 Å². The zero-order valence-electron chi connectivity index (χ0n) is 10.9. The zero-order chi connectivity index (χ0) is 12.7. The first-order valence-corrected chi connectivity index (χ1v) is 6.46. The Labute approximate surface area is 103 Å². The monoisotopic (exact) mass is 244 g/mol. The lowest BCUT2D eigenvalue weighted by Gasteiger charge is -2.37. The molecule has 1 aliphatic heterocycles. The van der Waals surface area contributed by atoms with E-state index in [1.54, 1.807) is 0 Å². The molecule has 1 N–H and O–H groups in total. The Morgan fingerprint density at radius 1 is 1.29 bits per heavy atom. The number of piperazine rings is 1. The van der Waals surface area contributed by atoms with Gasteiger partial charge in [0.1, 0.15) is 6.04 Å². The highest BCUT2D eigenvalue weighted by molar-refractivity contribution is 5.73. The van der Waals surface area contributed by atoms with Crippen LogP contribution in [0.15, 0.2) is 0 Å². The average molecular weight is 244 g/mol. The van der Waals surface area contributed by atoms with Crippen molar-refractivity contribution in [3.8, 4) is 0 Å². The maximum atomic E-state index is 11.0. The van der Waals surface area contributed by atoms with E-state index in [4.69, 9.17) is 9.84 Å². The number of hydrogen-bond donors (Lipinski definition) is 1. The molecule has 0 aromatic carbocycles. The van der Waals surface area contributed by atoms with Crippen molar-refractivity contribution in [3.05, 3.63) is 0 Å². The maximum Gasteiger partial charge on any atom is 0.320 e. The van der Waals surface area contributed by atoms with Gasteiger partial charge in [0, 0.05) is 39.3 Å². The predicted molar refractivity (Wildman–Crippen MR) is 66.2 cm³/mol. The Hall–Kier alpha value is -0.650. The van der Waals surface area contributed by atoms with Crippen LogP contribution in [0.25, 0.3) is 0 Å². The highest BCUT2D eigenvalue weighted by Gasteiger charge is 2.26. The van der Waals surface area contributed by atoms with Gasteiger partial charge in [-0.1, -0.05) is 6.92 Å². The molecule has 0 aliphatic carbocycles. The summed E-state index contributed by atoms with van der Waals surface area (Å²) in [5, 5.41) is 9.09. The molecule has 0 aromatic heterocycles. The molecule has 5 nitrogen and oxygen atoms in total. The quantitative estimate of drug-likeness (QED) is 0.661. The van der Waals surface area contributed by atoms with E-state index >= 15 is 0 Å². The van der Waals surface area contributed by atoms with Gasteiger partial charge in [0.15, 0.2) is 0 Å². The highest BCUT2D eigenvalue weighted by atomic mass is 16.5. The van der Waals surface area contributed by atoms with Gasteiger partial charge >= 0.3 is 5.97 Å². The number of aliphatic carboxylic acids is 1. The summed E-state index contributed by atoms with van der Waals surface area (Å²) in [6.45, 7) is 9.98. The summed E-state index contributed by atoms with van der Waals surface area (Å²) in [5.74, 6) is -0.699. The van der Waals surface area contributed by atoms with Crippen molar-refractivity contribution in [2.75, 3.05) is 45.9 Å². The number of rotatable bonds is 7. The molecule has 1 atom stereocenters. The Balaban J connectivity index is 2.27. The van der Waals surface area contributed by atoms with Crippen LogP contribution in [0.2, 0.25) is 0 Å². The zero-order valence-corrected chi connectivity index (χ0v) is 10.9. The van der Waals surface area contributed by atoms with E-state index < -0.39 is 5.97 Å². The minimum Gasteiger partial charge on any atom is -0.480 e. The van der Waals surface area contributed by atoms with E-state index in [1.165, 1.54) is 0 Å². The molecule has 1 saturated heterocycles. The highest BCUT2D eigenvalue weighted by Crippen LogP contribution is 2.09. The molecule has 0 aromatic rings. The Morgan fingerprint density at radius 2 is 1.94 bits per heavy atom. The molecule has 0 amide bonds. The first-order chi connectivity index (χ1) is 8.19. The molecule has 0 bridgehead atoms. The molecule has 0 spiro atoms. The van der Waals surface area contributed by atoms with E-state index in [1.807, 2.05) is 13.8 Å². The van der Waals surface area contributed by atoms with Crippen molar-refractivity contribution in [1.29, 1.82) is 0 Å². The van der Waals surface area contributed by atoms with Crippen LogP contribution < -0.4 is 0 Å². The van der Waals surface area contributed by atoms with Crippen LogP contribution in [0.4, 0.5) is 0 Å². The molecule has 0 radical (unpaired) electrons. The number of carbonyl (C=O) groups is 1. The second kappa shape index (κ2) is 7.63. The van der Waals surface area contributed by atoms with Crippen molar-refractivity contribution in [2.24, 2.45) is 0 Å². The number of carboxylic acid groups (broad SMARTS) is 1. The van der Waals surface area contributed by atoms with E-state index in [0.29, 0.717) is 6.42 Å². The number of hydrogen-bond acceptors (Lipinski definition) is 4. The second-order valence-corrected chi connectivity index (χ2v) is 4.34. The van der Waals surface area contributed by atoms with Crippen LogP contribution in [0.5, 0.6) is 0 Å². The largest absolute Gasteiger partial charge is 0.480 e. The average Bonchev–Trinajstić information content (AvgIpc) is 2.32. The SMILES string of the molecule is CCOCCN1CCN(C(CC)C(=O)O)CC1. The van der Waals surface area contributed by atoms with Crippen molar-refractivity contribution in [2.45, 2.75) is 26.3 Å². The number of ether oxygens (including phenoxy) is 1. The maximum absolute atomic E-state index is 11.0. The van der Waals surface area contributed by atoms with Gasteiger partial charge in [0.25, 0.3) is 0 Å². The lowest BCUT2D eigenvalue weighted by atomic mass is 10.1. The molecule has 1 fully saturated rings. The van der Waals surface area contributed by atoms with Crippen LogP contribution >= 0.6 is 0 Å². The number of nitrogens with zero attached hydrogens (tertiary/aromatic N) is 2. The van der Waals surface area contributed by atoms with Gasteiger partial charge in [-0.25, -0.2) is 0 Å². The van der Waals surface area contributed by atoms with Crippen molar-refractivity contribution >= 4 is 5.97 Å². The fraction of sp³-hybridized carbons (Fsp3) is 0.917. The molecule has 1 heterocycles. The van der Waals surface area contributed by atoms with E-state index in [2.05, 4.69) is 9.80 Å². The van der Waals surface area contributed by atoms with E-state index in [0.717, 1.165) is 45.9 Å². The van der Waals surface area contributed by atoms with Crippen molar-refractivity contribution < 1.29 is 14.6 Å². The van der Waals surface area contributed by atoms with Gasteiger partial charge < -0.3 is 9.84 Å². The summed E-state index contributed by atoms with van der Waals surface area (Å²) >= 11 is 0. The summed E-state index contributed by atoms with van der Waals surface area (Å²) in [6.07, 6.45) is 0.675. The number of carboxylic acids is 1.